The van der Waals surface area contributed by atoms with Crippen molar-refractivity contribution in [2.45, 2.75) is 25.1 Å². The van der Waals surface area contributed by atoms with E-state index in [0.717, 1.165) is 22.9 Å². The number of carbonyl (C=O) groups excluding carboxylic acids is 2. The molecule has 1 aliphatic heterocycles. The molecule has 3 aromatic rings. The topological polar surface area (TPSA) is 116 Å². The maximum absolute atomic E-state index is 13.6. The summed E-state index contributed by atoms with van der Waals surface area (Å²) in [6, 6.07) is 24.7. The van der Waals surface area contributed by atoms with E-state index in [2.05, 4.69) is 5.32 Å². The fourth-order valence-corrected chi connectivity index (χ4v) is 5.14. The number of nitriles is 1. The van der Waals surface area contributed by atoms with Crippen LogP contribution in [0.25, 0.3) is 0 Å². The van der Waals surface area contributed by atoms with E-state index in [1.807, 2.05) is 55.5 Å². The Kier molecular flexibility index (Phi) is 7.47. The molecule has 1 N–H and O–H groups in total. The van der Waals surface area contributed by atoms with Gasteiger partial charge >= 0.3 is 0 Å². The number of nitro benzene ring substituents is 1. The molecule has 4 rings (SSSR count). The maximum Gasteiger partial charge on any atom is 0.272 e. The first-order chi connectivity index (χ1) is 17.4. The van der Waals surface area contributed by atoms with E-state index < -0.39 is 16.1 Å². The third-order valence-electron chi connectivity index (χ3n) is 5.69. The predicted molar refractivity (Wildman–Crippen MR) is 138 cm³/mol. The van der Waals surface area contributed by atoms with Crippen LogP contribution in [-0.4, -0.2) is 22.0 Å². The van der Waals surface area contributed by atoms with E-state index in [1.54, 1.807) is 30.3 Å². The molecule has 1 atom stereocenters. The average Bonchev–Trinajstić information content (AvgIpc) is 3.19. The van der Waals surface area contributed by atoms with Crippen LogP contribution in [0.4, 0.5) is 11.4 Å². The van der Waals surface area contributed by atoms with Gasteiger partial charge in [-0.1, -0.05) is 78.0 Å². The molecule has 0 unspecified atom stereocenters. The summed E-state index contributed by atoms with van der Waals surface area (Å²) in [7, 11) is 0. The Balaban J connectivity index is 1.70. The number of thioether (sulfide) groups is 1. The van der Waals surface area contributed by atoms with Crippen LogP contribution in [0, 0.1) is 28.4 Å². The molecule has 180 valence electrons. The highest BCUT2D eigenvalue weighted by Gasteiger charge is 2.41. The second-order valence-corrected chi connectivity index (χ2v) is 9.36. The van der Waals surface area contributed by atoms with Crippen LogP contribution in [0.1, 0.15) is 16.7 Å². The summed E-state index contributed by atoms with van der Waals surface area (Å²) < 4.78 is 0. The summed E-state index contributed by atoms with van der Waals surface area (Å²) in [5, 5.41) is 23.6. The third kappa shape index (κ3) is 5.29. The van der Waals surface area contributed by atoms with Gasteiger partial charge in [0.25, 0.3) is 11.6 Å². The van der Waals surface area contributed by atoms with Crippen LogP contribution in [0.3, 0.4) is 0 Å². The number of hydrogen-bond donors (Lipinski definition) is 1. The lowest BCUT2D eigenvalue weighted by molar-refractivity contribution is -0.385. The van der Waals surface area contributed by atoms with Crippen molar-refractivity contribution in [1.82, 2.24) is 5.32 Å². The number of anilines is 1. The fourth-order valence-electron chi connectivity index (χ4n) is 3.84. The van der Waals surface area contributed by atoms with Crippen LogP contribution < -0.4 is 10.2 Å². The summed E-state index contributed by atoms with van der Waals surface area (Å²) >= 11 is 1.07. The lowest BCUT2D eigenvalue weighted by atomic mass is 10.1. The minimum Gasteiger partial charge on any atom is -0.347 e. The monoisotopic (exact) mass is 498 g/mol. The Morgan fingerprint density at radius 1 is 1.08 bits per heavy atom. The van der Waals surface area contributed by atoms with E-state index in [9.17, 15) is 25.0 Å². The Hall–Kier alpha value is -4.42. The first kappa shape index (κ1) is 24.7. The van der Waals surface area contributed by atoms with Crippen LogP contribution in [0.5, 0.6) is 0 Å². The molecular weight excluding hydrogens is 476 g/mol. The smallest absolute Gasteiger partial charge is 0.272 e. The molecule has 1 heterocycles. The predicted octanol–water partition coefficient (Wildman–Crippen LogP) is 4.65. The molecule has 0 spiro atoms. The van der Waals surface area contributed by atoms with E-state index in [-0.39, 0.29) is 35.2 Å². The van der Waals surface area contributed by atoms with Gasteiger partial charge < -0.3 is 5.32 Å². The molecule has 9 heteroatoms. The van der Waals surface area contributed by atoms with Gasteiger partial charge in [0.1, 0.15) is 16.7 Å². The fraction of sp³-hybridized carbons (Fsp3) is 0.148. The van der Waals surface area contributed by atoms with Gasteiger partial charge in [-0.25, -0.2) is 0 Å². The van der Waals surface area contributed by atoms with Gasteiger partial charge in [-0.05, 0) is 24.6 Å². The van der Waals surface area contributed by atoms with Gasteiger partial charge in [-0.3, -0.25) is 24.6 Å². The van der Waals surface area contributed by atoms with E-state index in [4.69, 9.17) is 0 Å². The summed E-state index contributed by atoms with van der Waals surface area (Å²) in [6.07, 6.45) is 0.0802. The molecule has 36 heavy (non-hydrogen) atoms. The number of para-hydroxylation sites is 1. The molecule has 1 aliphatic rings. The van der Waals surface area contributed by atoms with Gasteiger partial charge in [0.05, 0.1) is 10.2 Å². The van der Waals surface area contributed by atoms with Crippen molar-refractivity contribution in [3.05, 3.63) is 116 Å². The normalized spacial score (nSPS) is 16.4. The Labute approximate surface area is 212 Å². The molecule has 1 saturated heterocycles. The van der Waals surface area contributed by atoms with E-state index >= 15 is 0 Å². The van der Waals surface area contributed by atoms with Crippen molar-refractivity contribution in [3.63, 3.8) is 0 Å². The third-order valence-corrected chi connectivity index (χ3v) is 6.95. The zero-order valence-electron chi connectivity index (χ0n) is 19.4. The first-order valence-electron chi connectivity index (χ1n) is 11.1. The number of carbonyl (C=O) groups is 2. The van der Waals surface area contributed by atoms with Crippen molar-refractivity contribution in [3.8, 4) is 6.07 Å². The number of amides is 2. The largest absolute Gasteiger partial charge is 0.347 e. The number of rotatable bonds is 7. The minimum atomic E-state index is -0.743. The molecule has 2 amide bonds. The number of nitrogens with one attached hydrogen (secondary N) is 1. The average molecular weight is 499 g/mol. The van der Waals surface area contributed by atoms with Crippen molar-refractivity contribution in [1.29, 1.82) is 5.26 Å². The highest BCUT2D eigenvalue weighted by Crippen LogP contribution is 2.42. The summed E-state index contributed by atoms with van der Waals surface area (Å²) in [6.45, 7) is 2.14. The van der Waals surface area contributed by atoms with Crippen LogP contribution in [-0.2, 0) is 22.6 Å². The van der Waals surface area contributed by atoms with Crippen LogP contribution >= 0.6 is 11.8 Å². The maximum atomic E-state index is 13.6. The zero-order chi connectivity index (χ0) is 25.7. The standard InChI is InChI=1S/C27H22N4O4S/c1-18-11-13-21(14-12-18)30-26(33)24(15-20-9-5-6-10-23(20)31(34)35)36-27(30)22(16-28)25(32)29-17-19-7-3-2-4-8-19/h2-14,24H,15,17H2,1H3,(H,29,32)/b27-22+/t24-/m1/s1. The van der Waals surface area contributed by atoms with Gasteiger partial charge in [0, 0.05) is 30.3 Å². The second-order valence-electron chi connectivity index (χ2n) is 8.17. The molecule has 0 bridgehead atoms. The number of benzene rings is 3. The number of hydrogen-bond acceptors (Lipinski definition) is 6. The van der Waals surface area contributed by atoms with Crippen LogP contribution in [0.2, 0.25) is 0 Å². The van der Waals surface area contributed by atoms with Gasteiger partial charge in [0.2, 0.25) is 5.91 Å². The molecule has 1 fully saturated rings. The van der Waals surface area contributed by atoms with Crippen molar-refractivity contribution in [2.24, 2.45) is 0 Å². The molecule has 0 aromatic heterocycles. The number of nitrogens with zero attached hydrogens (tertiary/aromatic N) is 3. The molecule has 0 aliphatic carbocycles. The van der Waals surface area contributed by atoms with Crippen molar-refractivity contribution in [2.75, 3.05) is 4.90 Å². The first-order valence-corrected chi connectivity index (χ1v) is 12.0. The number of nitro groups is 1. The highest BCUT2D eigenvalue weighted by molar-refractivity contribution is 8.05. The van der Waals surface area contributed by atoms with Gasteiger partial charge in [0.15, 0.2) is 0 Å². The Bertz CT molecular complexity index is 1380. The van der Waals surface area contributed by atoms with Crippen LogP contribution in [0.15, 0.2) is 89.5 Å². The molecule has 3 aromatic carbocycles. The lowest BCUT2D eigenvalue weighted by Gasteiger charge is -2.19. The van der Waals surface area contributed by atoms with Gasteiger partial charge in [-0.2, -0.15) is 5.26 Å². The lowest BCUT2D eigenvalue weighted by Crippen LogP contribution is -2.32. The summed E-state index contributed by atoms with van der Waals surface area (Å²) in [4.78, 5) is 39.0. The second kappa shape index (κ2) is 10.9. The van der Waals surface area contributed by atoms with Crippen molar-refractivity contribution >= 4 is 35.0 Å². The Morgan fingerprint density at radius 2 is 1.75 bits per heavy atom. The summed E-state index contributed by atoms with van der Waals surface area (Å²) in [5.74, 6) is -0.944. The SMILES string of the molecule is Cc1ccc(N2C(=O)[C@@H](Cc3ccccc3[N+](=O)[O-])S/C2=C(\C#N)C(=O)NCc2ccccc2)cc1. The van der Waals surface area contributed by atoms with E-state index in [0.29, 0.717) is 11.3 Å². The Morgan fingerprint density at radius 3 is 2.42 bits per heavy atom. The molecule has 8 nitrogen and oxygen atoms in total. The minimum absolute atomic E-state index is 0.0775. The van der Waals surface area contributed by atoms with Crippen molar-refractivity contribution < 1.29 is 14.5 Å². The summed E-state index contributed by atoms with van der Waals surface area (Å²) in [5.41, 5.74) is 2.52. The number of aryl methyl sites for hydroxylation is 1. The van der Waals surface area contributed by atoms with E-state index in [1.165, 1.54) is 11.0 Å². The molecular formula is C27H22N4O4S. The zero-order valence-corrected chi connectivity index (χ0v) is 20.2. The van der Waals surface area contributed by atoms with Gasteiger partial charge in [-0.15, -0.1) is 0 Å². The molecule has 0 radical (unpaired) electrons. The quantitative estimate of drug-likeness (QED) is 0.219. The highest BCUT2D eigenvalue weighted by atomic mass is 32.2. The molecule has 0 saturated carbocycles.